The van der Waals surface area contributed by atoms with Gasteiger partial charge in [0.25, 0.3) is 0 Å². The lowest BCUT2D eigenvalue weighted by molar-refractivity contribution is -0.136. The van der Waals surface area contributed by atoms with Crippen LogP contribution < -0.4 is 15.5 Å². The number of anilines is 2. The molecule has 1 fully saturated rings. The number of nitrogen functional groups attached to an aromatic ring is 1. The maximum atomic E-state index is 14.7. The zero-order valence-corrected chi connectivity index (χ0v) is 21.7. The van der Waals surface area contributed by atoms with Gasteiger partial charge in [0.05, 0.1) is 17.5 Å². The third kappa shape index (κ3) is 4.86. The second kappa shape index (κ2) is 10.2. The van der Waals surface area contributed by atoms with Crippen molar-refractivity contribution in [2.24, 2.45) is 0 Å². The topological polar surface area (TPSA) is 135 Å². The summed E-state index contributed by atoms with van der Waals surface area (Å²) in [6, 6.07) is 10.4. The lowest BCUT2D eigenvalue weighted by Gasteiger charge is -2.36. The predicted octanol–water partition coefficient (Wildman–Crippen LogP) is 2.93. The Morgan fingerprint density at radius 2 is 1.97 bits per heavy atom. The van der Waals surface area contributed by atoms with E-state index in [-0.39, 0.29) is 23.1 Å². The van der Waals surface area contributed by atoms with E-state index in [1.54, 1.807) is 29.0 Å². The number of nitrogens with two attached hydrogens (primary N) is 1. The Bertz CT molecular complexity index is 1720. The highest BCUT2D eigenvalue weighted by molar-refractivity contribution is 7.17. The van der Waals surface area contributed by atoms with Crippen molar-refractivity contribution < 1.29 is 18.7 Å². The summed E-state index contributed by atoms with van der Waals surface area (Å²) in [6.45, 7) is 3.80. The van der Waals surface area contributed by atoms with E-state index >= 15 is 0 Å². The van der Waals surface area contributed by atoms with Crippen molar-refractivity contribution in [1.29, 1.82) is 0 Å². The van der Waals surface area contributed by atoms with Gasteiger partial charge in [-0.05, 0) is 42.3 Å². The summed E-state index contributed by atoms with van der Waals surface area (Å²) in [5.41, 5.74) is 9.24. The van der Waals surface area contributed by atoms with Crippen molar-refractivity contribution >= 4 is 44.8 Å². The van der Waals surface area contributed by atoms with Crippen LogP contribution in [0.15, 0.2) is 51.9 Å². The molecule has 6 rings (SSSR count). The number of piperazine rings is 1. The lowest BCUT2D eigenvalue weighted by Crippen LogP contribution is -2.47. The number of thiazole rings is 1. The number of carbonyl (C=O) groups is 1. The van der Waals surface area contributed by atoms with Gasteiger partial charge < -0.3 is 20.2 Å². The number of rotatable bonds is 8. The van der Waals surface area contributed by atoms with E-state index in [0.717, 1.165) is 11.3 Å². The Morgan fingerprint density at radius 3 is 2.69 bits per heavy atom. The molecule has 3 N–H and O–H groups in total. The van der Waals surface area contributed by atoms with E-state index in [1.807, 2.05) is 17.0 Å². The first-order valence-electron chi connectivity index (χ1n) is 12.6. The molecular formula is C26H26FN7O4S. The van der Waals surface area contributed by atoms with Crippen LogP contribution in [0, 0.1) is 5.82 Å². The van der Waals surface area contributed by atoms with Crippen LogP contribution in [-0.4, -0.2) is 67.9 Å². The third-order valence-electron chi connectivity index (χ3n) is 7.01. The monoisotopic (exact) mass is 551 g/mol. The molecule has 0 aliphatic carbocycles. The van der Waals surface area contributed by atoms with E-state index in [4.69, 9.17) is 15.3 Å². The normalized spacial score (nSPS) is 14.5. The molecule has 0 unspecified atom stereocenters. The van der Waals surface area contributed by atoms with Gasteiger partial charge in [0.2, 0.25) is 5.95 Å². The molecule has 1 aliphatic heterocycles. The molecule has 5 heterocycles. The number of hydrogen-bond donors (Lipinski definition) is 2. The molecular weight excluding hydrogens is 525 g/mol. The summed E-state index contributed by atoms with van der Waals surface area (Å²) < 4.78 is 24.1. The summed E-state index contributed by atoms with van der Waals surface area (Å²) >= 11 is 1.12. The number of benzene rings is 1. The van der Waals surface area contributed by atoms with Crippen molar-refractivity contribution in [2.45, 2.75) is 19.4 Å². The smallest absolute Gasteiger partial charge is 0.309 e. The molecule has 4 aromatic heterocycles. The Labute approximate surface area is 225 Å². The zero-order valence-electron chi connectivity index (χ0n) is 20.9. The van der Waals surface area contributed by atoms with Crippen molar-refractivity contribution in [1.82, 2.24) is 24.1 Å². The second-order valence-corrected chi connectivity index (χ2v) is 10.4. The Kier molecular flexibility index (Phi) is 6.53. The Hall–Kier alpha value is -4.23. The number of carboxylic acid groups (broad SMARTS) is 1. The third-order valence-corrected chi connectivity index (χ3v) is 8.00. The second-order valence-electron chi connectivity index (χ2n) is 9.45. The van der Waals surface area contributed by atoms with Gasteiger partial charge in [0.15, 0.2) is 11.4 Å². The van der Waals surface area contributed by atoms with Crippen LogP contribution in [0.5, 0.6) is 0 Å². The Morgan fingerprint density at radius 1 is 1.15 bits per heavy atom. The Balaban J connectivity index is 1.14. The number of aromatic nitrogens is 4. The van der Waals surface area contributed by atoms with Crippen LogP contribution in [-0.2, 0) is 17.8 Å². The molecule has 1 saturated heterocycles. The summed E-state index contributed by atoms with van der Waals surface area (Å²) in [7, 11) is 0. The summed E-state index contributed by atoms with van der Waals surface area (Å²) in [6.07, 6.45) is 1.85. The molecule has 0 amide bonds. The molecule has 5 aromatic rings. The maximum absolute atomic E-state index is 14.7. The molecule has 13 heteroatoms. The molecule has 202 valence electrons. The molecule has 1 aliphatic rings. The SMILES string of the molecule is Nc1nc2c(sc(=O)n2CCN2CCN(c3ccc(CCC(=O)O)cc3F)CC2)c2cc(-c3ccco3)nn12. The molecule has 0 radical (unpaired) electrons. The minimum absolute atomic E-state index is 0.0264. The van der Waals surface area contributed by atoms with Crippen LogP contribution in [0.25, 0.3) is 27.3 Å². The molecule has 0 saturated carbocycles. The minimum atomic E-state index is -0.901. The maximum Gasteiger partial charge on any atom is 0.309 e. The molecule has 11 nitrogen and oxygen atoms in total. The van der Waals surface area contributed by atoms with Crippen LogP contribution in [0.2, 0.25) is 0 Å². The highest BCUT2D eigenvalue weighted by atomic mass is 32.1. The molecule has 1 aromatic carbocycles. The van der Waals surface area contributed by atoms with Gasteiger partial charge in [-0.1, -0.05) is 17.4 Å². The average Bonchev–Trinajstić information content (AvgIpc) is 3.66. The average molecular weight is 552 g/mol. The first kappa shape index (κ1) is 25.1. The zero-order chi connectivity index (χ0) is 27.1. The fourth-order valence-corrected chi connectivity index (χ4v) is 5.92. The van der Waals surface area contributed by atoms with Crippen molar-refractivity contribution in [2.75, 3.05) is 43.4 Å². The van der Waals surface area contributed by atoms with Gasteiger partial charge in [-0.2, -0.15) is 14.6 Å². The summed E-state index contributed by atoms with van der Waals surface area (Å²) in [4.78, 5) is 32.3. The van der Waals surface area contributed by atoms with E-state index in [1.165, 1.54) is 10.6 Å². The van der Waals surface area contributed by atoms with Crippen molar-refractivity contribution in [3.8, 4) is 11.5 Å². The van der Waals surface area contributed by atoms with Crippen LogP contribution in [0.3, 0.4) is 0 Å². The summed E-state index contributed by atoms with van der Waals surface area (Å²) in [5, 5.41) is 13.3. The summed E-state index contributed by atoms with van der Waals surface area (Å²) in [5.74, 6) is -0.452. The van der Waals surface area contributed by atoms with Gasteiger partial charge in [-0.3, -0.25) is 19.1 Å². The fourth-order valence-electron chi connectivity index (χ4n) is 4.96. The van der Waals surface area contributed by atoms with Gasteiger partial charge in [0.1, 0.15) is 16.2 Å². The van der Waals surface area contributed by atoms with Crippen molar-refractivity contribution in [3.05, 3.63) is 63.7 Å². The van der Waals surface area contributed by atoms with Crippen LogP contribution in [0.4, 0.5) is 16.0 Å². The number of hydrogen-bond acceptors (Lipinski definition) is 9. The standard InChI is InChI=1S/C26H26FN7O4S/c27-17-14-16(4-6-22(35)36)3-5-19(17)32-10-7-31(8-11-32)9-12-33-24-23(39-26(33)37)20-15-18(21-2-1-13-38-21)30-34(20)25(28)29-24/h1-3,5,13-15H,4,6-12H2,(H2,28,29)(H,35,36). The number of aliphatic carboxylic acids is 1. The number of aryl methyl sites for hydroxylation is 1. The quantitative estimate of drug-likeness (QED) is 0.298. The van der Waals surface area contributed by atoms with Gasteiger partial charge >= 0.3 is 10.8 Å². The van der Waals surface area contributed by atoms with E-state index in [2.05, 4.69) is 15.0 Å². The molecule has 39 heavy (non-hydrogen) atoms. The molecule has 0 atom stereocenters. The van der Waals surface area contributed by atoms with E-state index in [9.17, 15) is 14.0 Å². The minimum Gasteiger partial charge on any atom is -0.481 e. The highest BCUT2D eigenvalue weighted by Crippen LogP contribution is 2.28. The number of carboxylic acids is 1. The van der Waals surface area contributed by atoms with E-state index < -0.39 is 5.97 Å². The highest BCUT2D eigenvalue weighted by Gasteiger charge is 2.22. The molecule has 0 spiro atoms. The van der Waals surface area contributed by atoms with Crippen molar-refractivity contribution in [3.63, 3.8) is 0 Å². The van der Waals surface area contributed by atoms with Gasteiger partial charge in [-0.15, -0.1) is 0 Å². The first-order valence-corrected chi connectivity index (χ1v) is 13.4. The van der Waals surface area contributed by atoms with E-state index in [0.29, 0.717) is 84.3 Å². The van der Waals surface area contributed by atoms with Gasteiger partial charge in [0, 0.05) is 45.7 Å². The number of furan rings is 1. The number of fused-ring (bicyclic) bond motifs is 3. The number of halogens is 1. The van der Waals surface area contributed by atoms with Crippen LogP contribution in [0.1, 0.15) is 12.0 Å². The van der Waals surface area contributed by atoms with Crippen LogP contribution >= 0.6 is 11.3 Å². The van der Waals surface area contributed by atoms with Gasteiger partial charge in [-0.25, -0.2) is 4.39 Å². The molecule has 0 bridgehead atoms. The number of nitrogens with zero attached hydrogens (tertiary/aromatic N) is 6. The predicted molar refractivity (Wildman–Crippen MR) is 146 cm³/mol. The largest absolute Gasteiger partial charge is 0.481 e. The first-order chi connectivity index (χ1) is 18.9. The lowest BCUT2D eigenvalue weighted by atomic mass is 10.1. The fraction of sp³-hybridized carbons (Fsp3) is 0.308.